The van der Waals surface area contributed by atoms with Gasteiger partial charge in [0, 0.05) is 5.69 Å². The summed E-state index contributed by atoms with van der Waals surface area (Å²) in [4.78, 5) is 11.1. The SMILES string of the molecule is CCc1c(C)cc(C(=O)O)n1C1C=CC1. The van der Waals surface area contributed by atoms with Crippen LogP contribution in [0.15, 0.2) is 18.2 Å². The lowest BCUT2D eigenvalue weighted by Gasteiger charge is -2.24. The molecular formula is C12H15NO2. The van der Waals surface area contributed by atoms with Gasteiger partial charge >= 0.3 is 5.97 Å². The fourth-order valence-electron chi connectivity index (χ4n) is 2.14. The minimum Gasteiger partial charge on any atom is -0.477 e. The Bertz CT molecular complexity index is 429. The Morgan fingerprint density at radius 1 is 1.67 bits per heavy atom. The highest BCUT2D eigenvalue weighted by atomic mass is 16.4. The Balaban J connectivity index is 2.55. The predicted molar refractivity (Wildman–Crippen MR) is 58.3 cm³/mol. The van der Waals surface area contributed by atoms with Crippen LogP contribution in [0, 0.1) is 6.92 Å². The molecule has 0 spiro atoms. The third-order valence-electron chi connectivity index (χ3n) is 2.98. The van der Waals surface area contributed by atoms with E-state index in [-0.39, 0.29) is 6.04 Å². The van der Waals surface area contributed by atoms with E-state index in [4.69, 9.17) is 5.11 Å². The first kappa shape index (κ1) is 10.0. The van der Waals surface area contributed by atoms with Crippen LogP contribution in [0.4, 0.5) is 0 Å². The van der Waals surface area contributed by atoms with E-state index in [9.17, 15) is 4.79 Å². The molecule has 0 radical (unpaired) electrons. The fraction of sp³-hybridized carbons (Fsp3) is 0.417. The van der Waals surface area contributed by atoms with Crippen LogP contribution < -0.4 is 0 Å². The van der Waals surface area contributed by atoms with Crippen LogP contribution >= 0.6 is 0 Å². The first-order valence-corrected chi connectivity index (χ1v) is 5.25. The zero-order chi connectivity index (χ0) is 11.0. The molecule has 1 heterocycles. The number of hydrogen-bond donors (Lipinski definition) is 1. The molecule has 0 saturated heterocycles. The number of aromatic carboxylic acids is 1. The van der Waals surface area contributed by atoms with E-state index in [0.29, 0.717) is 5.69 Å². The molecule has 1 N–H and O–H groups in total. The first-order valence-electron chi connectivity index (χ1n) is 5.25. The van der Waals surface area contributed by atoms with Crippen molar-refractivity contribution in [2.24, 2.45) is 0 Å². The summed E-state index contributed by atoms with van der Waals surface area (Å²) in [5, 5.41) is 9.12. The number of aryl methyl sites for hydroxylation is 1. The van der Waals surface area contributed by atoms with Gasteiger partial charge < -0.3 is 9.67 Å². The van der Waals surface area contributed by atoms with Gasteiger partial charge in [-0.1, -0.05) is 19.1 Å². The van der Waals surface area contributed by atoms with Gasteiger partial charge in [0.25, 0.3) is 0 Å². The van der Waals surface area contributed by atoms with E-state index < -0.39 is 5.97 Å². The highest BCUT2D eigenvalue weighted by Crippen LogP contribution is 2.29. The Hall–Kier alpha value is -1.51. The number of hydrogen-bond acceptors (Lipinski definition) is 1. The van der Waals surface area contributed by atoms with Gasteiger partial charge in [-0.05, 0) is 31.4 Å². The van der Waals surface area contributed by atoms with Crippen molar-refractivity contribution in [3.05, 3.63) is 35.2 Å². The molecule has 0 fully saturated rings. The topological polar surface area (TPSA) is 42.2 Å². The van der Waals surface area contributed by atoms with Crippen LogP contribution in [0.1, 0.15) is 41.1 Å². The maximum atomic E-state index is 11.1. The fourth-order valence-corrected chi connectivity index (χ4v) is 2.14. The molecule has 1 atom stereocenters. The normalized spacial score (nSPS) is 18.9. The Labute approximate surface area is 89.0 Å². The summed E-state index contributed by atoms with van der Waals surface area (Å²) in [5.74, 6) is -0.835. The quantitative estimate of drug-likeness (QED) is 0.770. The Morgan fingerprint density at radius 2 is 2.33 bits per heavy atom. The smallest absolute Gasteiger partial charge is 0.352 e. The lowest BCUT2D eigenvalue weighted by Crippen LogP contribution is -2.18. The van der Waals surface area contributed by atoms with Crippen molar-refractivity contribution in [2.45, 2.75) is 32.7 Å². The third kappa shape index (κ3) is 1.48. The van der Waals surface area contributed by atoms with Crippen molar-refractivity contribution < 1.29 is 9.90 Å². The van der Waals surface area contributed by atoms with Crippen molar-refractivity contribution in [3.8, 4) is 0 Å². The highest BCUT2D eigenvalue weighted by molar-refractivity contribution is 5.86. The monoisotopic (exact) mass is 205 g/mol. The van der Waals surface area contributed by atoms with Crippen molar-refractivity contribution in [3.63, 3.8) is 0 Å². The Morgan fingerprint density at radius 3 is 2.73 bits per heavy atom. The van der Waals surface area contributed by atoms with Crippen LogP contribution in [0.25, 0.3) is 0 Å². The van der Waals surface area contributed by atoms with Gasteiger partial charge in [0.1, 0.15) is 5.69 Å². The van der Waals surface area contributed by atoms with Gasteiger partial charge in [-0.25, -0.2) is 4.79 Å². The predicted octanol–water partition coefficient (Wildman–Crippen LogP) is 2.56. The van der Waals surface area contributed by atoms with E-state index in [2.05, 4.69) is 19.1 Å². The second kappa shape index (κ2) is 3.57. The minimum absolute atomic E-state index is 0.250. The molecular weight excluding hydrogens is 190 g/mol. The molecule has 1 aromatic heterocycles. The summed E-state index contributed by atoms with van der Waals surface area (Å²) in [5.41, 5.74) is 2.63. The summed E-state index contributed by atoms with van der Waals surface area (Å²) < 4.78 is 1.96. The number of nitrogens with zero attached hydrogens (tertiary/aromatic N) is 1. The van der Waals surface area contributed by atoms with Gasteiger partial charge in [0.2, 0.25) is 0 Å². The standard InChI is InChI=1S/C12H15NO2/c1-3-10-8(2)7-11(12(14)15)13(10)9-5-4-6-9/h4-5,7,9H,3,6H2,1-2H3,(H,14,15). The second-order valence-electron chi connectivity index (χ2n) is 3.92. The average Bonchev–Trinajstić information content (AvgIpc) is 2.40. The summed E-state index contributed by atoms with van der Waals surface area (Å²) >= 11 is 0. The molecule has 0 saturated carbocycles. The number of carboxylic acid groups (broad SMARTS) is 1. The second-order valence-corrected chi connectivity index (χ2v) is 3.92. The molecule has 0 amide bonds. The van der Waals surface area contributed by atoms with E-state index in [1.807, 2.05) is 11.5 Å². The molecule has 3 heteroatoms. The molecule has 0 bridgehead atoms. The van der Waals surface area contributed by atoms with Crippen molar-refractivity contribution in [1.82, 2.24) is 4.57 Å². The highest BCUT2D eigenvalue weighted by Gasteiger charge is 2.23. The molecule has 15 heavy (non-hydrogen) atoms. The van der Waals surface area contributed by atoms with Crippen LogP contribution in [-0.4, -0.2) is 15.6 Å². The summed E-state index contributed by atoms with van der Waals surface area (Å²) in [6.45, 7) is 4.04. The minimum atomic E-state index is -0.835. The molecule has 2 rings (SSSR count). The van der Waals surface area contributed by atoms with Gasteiger partial charge in [-0.15, -0.1) is 0 Å². The first-order chi connectivity index (χ1) is 7.15. The van der Waals surface area contributed by atoms with Crippen molar-refractivity contribution >= 4 is 5.97 Å². The molecule has 3 nitrogen and oxygen atoms in total. The van der Waals surface area contributed by atoms with Gasteiger partial charge in [0.05, 0.1) is 6.04 Å². The van der Waals surface area contributed by atoms with Gasteiger partial charge in [-0.3, -0.25) is 0 Å². The van der Waals surface area contributed by atoms with E-state index in [1.165, 1.54) is 0 Å². The molecule has 0 aromatic carbocycles. The molecule has 0 aliphatic heterocycles. The van der Waals surface area contributed by atoms with Gasteiger partial charge in [-0.2, -0.15) is 0 Å². The van der Waals surface area contributed by atoms with E-state index in [1.54, 1.807) is 6.07 Å². The largest absolute Gasteiger partial charge is 0.477 e. The average molecular weight is 205 g/mol. The third-order valence-corrected chi connectivity index (χ3v) is 2.98. The summed E-state index contributed by atoms with van der Waals surface area (Å²) in [7, 11) is 0. The van der Waals surface area contributed by atoms with Crippen LogP contribution in [0.5, 0.6) is 0 Å². The lowest BCUT2D eigenvalue weighted by molar-refractivity contribution is 0.0683. The zero-order valence-electron chi connectivity index (χ0n) is 9.03. The van der Waals surface area contributed by atoms with Crippen molar-refractivity contribution in [1.29, 1.82) is 0 Å². The van der Waals surface area contributed by atoms with Crippen molar-refractivity contribution in [2.75, 3.05) is 0 Å². The number of aromatic nitrogens is 1. The number of carboxylic acids is 1. The molecule has 1 aromatic rings. The summed E-state index contributed by atoms with van der Waals surface area (Å²) in [6, 6.07) is 2.02. The molecule has 1 aliphatic carbocycles. The number of rotatable bonds is 3. The Kier molecular flexibility index (Phi) is 2.39. The van der Waals surface area contributed by atoms with E-state index >= 15 is 0 Å². The zero-order valence-corrected chi connectivity index (χ0v) is 9.03. The maximum Gasteiger partial charge on any atom is 0.352 e. The molecule has 80 valence electrons. The van der Waals surface area contributed by atoms with E-state index in [0.717, 1.165) is 24.1 Å². The molecule has 1 aliphatic rings. The van der Waals surface area contributed by atoms with Gasteiger partial charge in [0.15, 0.2) is 0 Å². The van der Waals surface area contributed by atoms with Crippen LogP contribution in [0.3, 0.4) is 0 Å². The number of allylic oxidation sites excluding steroid dienone is 2. The maximum absolute atomic E-state index is 11.1. The molecule has 1 unspecified atom stereocenters. The summed E-state index contributed by atoms with van der Waals surface area (Å²) in [6.07, 6.45) is 5.96. The number of carbonyl (C=O) groups is 1. The van der Waals surface area contributed by atoms with Crippen LogP contribution in [-0.2, 0) is 6.42 Å². The lowest BCUT2D eigenvalue weighted by atomic mass is 10.0. The van der Waals surface area contributed by atoms with Crippen LogP contribution in [0.2, 0.25) is 0 Å².